The summed E-state index contributed by atoms with van der Waals surface area (Å²) in [4.78, 5) is 0. The largest absolute Gasteiger partial charge is 0.493 e. The van der Waals surface area contributed by atoms with Crippen LogP contribution < -0.4 is 14.8 Å². The normalized spacial score (nSPS) is 12.0. The van der Waals surface area contributed by atoms with Gasteiger partial charge in [0.05, 0.1) is 14.2 Å². The third-order valence-corrected chi connectivity index (χ3v) is 3.80. The van der Waals surface area contributed by atoms with Gasteiger partial charge in [-0.15, -0.1) is 0 Å². The first-order chi connectivity index (χ1) is 10.2. The fourth-order valence-electron chi connectivity index (χ4n) is 2.15. The van der Waals surface area contributed by atoms with Crippen LogP contribution in [-0.2, 0) is 6.54 Å². The highest BCUT2D eigenvalue weighted by molar-refractivity contribution is 6.31. The summed E-state index contributed by atoms with van der Waals surface area (Å²) in [6.07, 6.45) is 0. The predicted octanol–water partition coefficient (Wildman–Crippen LogP) is 4.21. The van der Waals surface area contributed by atoms with Gasteiger partial charge in [0.1, 0.15) is 0 Å². The molecule has 3 nitrogen and oxygen atoms in total. The summed E-state index contributed by atoms with van der Waals surface area (Å²) in [6, 6.07) is 14.2. The Labute approximate surface area is 130 Å². The number of methoxy groups -OCH3 is 2. The molecule has 4 heteroatoms. The Morgan fingerprint density at radius 3 is 2.29 bits per heavy atom. The van der Waals surface area contributed by atoms with E-state index in [9.17, 15) is 0 Å². The van der Waals surface area contributed by atoms with Crippen LogP contribution in [0.3, 0.4) is 0 Å². The van der Waals surface area contributed by atoms with Crippen molar-refractivity contribution in [3.63, 3.8) is 0 Å². The Morgan fingerprint density at radius 1 is 1.05 bits per heavy atom. The molecule has 0 aliphatic rings. The zero-order chi connectivity index (χ0) is 15.2. The predicted molar refractivity (Wildman–Crippen MR) is 86.3 cm³/mol. The Bertz CT molecular complexity index is 587. The van der Waals surface area contributed by atoms with Gasteiger partial charge in [-0.1, -0.05) is 41.9 Å². The van der Waals surface area contributed by atoms with Gasteiger partial charge in [-0.2, -0.15) is 0 Å². The summed E-state index contributed by atoms with van der Waals surface area (Å²) in [6.45, 7) is 2.79. The van der Waals surface area contributed by atoms with Gasteiger partial charge in [-0.25, -0.2) is 0 Å². The smallest absolute Gasteiger partial charge is 0.162 e. The summed E-state index contributed by atoms with van der Waals surface area (Å²) in [5.41, 5.74) is 2.23. The van der Waals surface area contributed by atoms with Crippen molar-refractivity contribution in [2.75, 3.05) is 14.2 Å². The molecule has 0 aliphatic carbocycles. The number of ether oxygens (including phenoxy) is 2. The van der Waals surface area contributed by atoms with Crippen LogP contribution in [0.2, 0.25) is 5.02 Å². The Morgan fingerprint density at radius 2 is 1.67 bits per heavy atom. The van der Waals surface area contributed by atoms with Crippen LogP contribution in [-0.4, -0.2) is 14.2 Å². The van der Waals surface area contributed by atoms with Crippen molar-refractivity contribution in [1.29, 1.82) is 0 Å². The highest BCUT2D eigenvalue weighted by Gasteiger charge is 2.11. The molecule has 2 rings (SSSR count). The molecule has 0 amide bonds. The number of halogens is 1. The summed E-state index contributed by atoms with van der Waals surface area (Å²) < 4.78 is 10.5. The molecular weight excluding hydrogens is 286 g/mol. The first-order valence-corrected chi connectivity index (χ1v) is 7.22. The molecule has 1 unspecified atom stereocenters. The van der Waals surface area contributed by atoms with E-state index in [4.69, 9.17) is 21.1 Å². The molecule has 1 N–H and O–H groups in total. The van der Waals surface area contributed by atoms with Gasteiger partial charge < -0.3 is 14.8 Å². The minimum Gasteiger partial charge on any atom is -0.493 e. The molecule has 0 saturated carbocycles. The standard InChI is InChI=1S/C17H20ClNO2/c1-12(13-7-5-4-6-8-13)19-11-14-9-16(20-2)17(21-3)10-15(14)18/h4-10,12,19H,11H2,1-3H3. The second-order valence-electron chi connectivity index (χ2n) is 4.81. The number of nitrogens with one attached hydrogen (secondary N) is 1. The topological polar surface area (TPSA) is 30.5 Å². The molecule has 1 atom stereocenters. The maximum Gasteiger partial charge on any atom is 0.162 e. The molecule has 0 radical (unpaired) electrons. The molecule has 0 fully saturated rings. The fourth-order valence-corrected chi connectivity index (χ4v) is 2.37. The van der Waals surface area contributed by atoms with Gasteiger partial charge in [-0.05, 0) is 24.1 Å². The van der Waals surface area contributed by atoms with Crippen LogP contribution in [0.15, 0.2) is 42.5 Å². The van der Waals surface area contributed by atoms with Crippen LogP contribution in [0.1, 0.15) is 24.1 Å². The second kappa shape index (κ2) is 7.34. The third kappa shape index (κ3) is 3.90. The van der Waals surface area contributed by atoms with E-state index in [1.165, 1.54) is 5.56 Å². The summed E-state index contributed by atoms with van der Waals surface area (Å²) >= 11 is 6.29. The fraction of sp³-hybridized carbons (Fsp3) is 0.294. The van der Waals surface area contributed by atoms with Crippen LogP contribution in [0.4, 0.5) is 0 Å². The number of hydrogen-bond acceptors (Lipinski definition) is 3. The monoisotopic (exact) mass is 305 g/mol. The zero-order valence-corrected chi connectivity index (χ0v) is 13.3. The van der Waals surface area contributed by atoms with Crippen LogP contribution in [0.25, 0.3) is 0 Å². The lowest BCUT2D eigenvalue weighted by molar-refractivity contribution is 0.354. The molecule has 2 aromatic rings. The second-order valence-corrected chi connectivity index (χ2v) is 5.22. The average Bonchev–Trinajstić information content (AvgIpc) is 2.53. The molecular formula is C17H20ClNO2. The van der Waals surface area contributed by atoms with E-state index in [1.807, 2.05) is 24.3 Å². The van der Waals surface area contributed by atoms with Gasteiger partial charge in [0.15, 0.2) is 11.5 Å². The van der Waals surface area contributed by atoms with Gasteiger partial charge in [0.25, 0.3) is 0 Å². The van der Waals surface area contributed by atoms with E-state index >= 15 is 0 Å². The number of hydrogen-bond donors (Lipinski definition) is 1. The number of rotatable bonds is 6. The summed E-state index contributed by atoms with van der Waals surface area (Å²) in [5.74, 6) is 1.33. The van der Waals surface area contributed by atoms with Gasteiger partial charge in [0, 0.05) is 23.7 Å². The minimum atomic E-state index is 0.246. The molecule has 21 heavy (non-hydrogen) atoms. The maximum atomic E-state index is 6.29. The van der Waals surface area contributed by atoms with Crippen LogP contribution >= 0.6 is 11.6 Å². The van der Waals surface area contributed by atoms with Gasteiger partial charge in [-0.3, -0.25) is 0 Å². The van der Waals surface area contributed by atoms with Gasteiger partial charge in [0.2, 0.25) is 0 Å². The lowest BCUT2D eigenvalue weighted by atomic mass is 10.1. The van der Waals surface area contributed by atoms with E-state index < -0.39 is 0 Å². The quantitative estimate of drug-likeness (QED) is 0.867. The average molecular weight is 306 g/mol. The Kier molecular flexibility index (Phi) is 5.48. The zero-order valence-electron chi connectivity index (χ0n) is 12.5. The highest BCUT2D eigenvalue weighted by Crippen LogP contribution is 2.33. The number of benzene rings is 2. The molecule has 0 bridgehead atoms. The van der Waals surface area contributed by atoms with Crippen molar-refractivity contribution >= 4 is 11.6 Å². The SMILES string of the molecule is COc1cc(Cl)c(CNC(C)c2ccccc2)cc1OC. The summed E-state index contributed by atoms with van der Waals surface area (Å²) in [7, 11) is 3.22. The lowest BCUT2D eigenvalue weighted by Crippen LogP contribution is -2.18. The van der Waals surface area contributed by atoms with E-state index in [2.05, 4.69) is 24.4 Å². The van der Waals surface area contributed by atoms with Crippen molar-refractivity contribution in [2.24, 2.45) is 0 Å². The van der Waals surface area contributed by atoms with E-state index in [0.29, 0.717) is 23.1 Å². The molecule has 0 aromatic heterocycles. The van der Waals surface area contributed by atoms with Crippen LogP contribution in [0.5, 0.6) is 11.5 Å². The van der Waals surface area contributed by atoms with Crippen molar-refractivity contribution < 1.29 is 9.47 Å². The highest BCUT2D eigenvalue weighted by atomic mass is 35.5. The van der Waals surface area contributed by atoms with Crippen LogP contribution in [0, 0.1) is 0 Å². The maximum absolute atomic E-state index is 6.29. The summed E-state index contributed by atoms with van der Waals surface area (Å²) in [5, 5.41) is 4.13. The first kappa shape index (κ1) is 15.7. The molecule has 0 saturated heterocycles. The minimum absolute atomic E-state index is 0.246. The van der Waals surface area contributed by atoms with Crippen molar-refractivity contribution in [3.8, 4) is 11.5 Å². The van der Waals surface area contributed by atoms with Crippen molar-refractivity contribution in [1.82, 2.24) is 5.32 Å². The molecule has 2 aromatic carbocycles. The van der Waals surface area contributed by atoms with Crippen molar-refractivity contribution in [2.45, 2.75) is 19.5 Å². The molecule has 112 valence electrons. The van der Waals surface area contributed by atoms with E-state index in [1.54, 1.807) is 20.3 Å². The Hall–Kier alpha value is -1.71. The van der Waals surface area contributed by atoms with Crippen molar-refractivity contribution in [3.05, 3.63) is 58.6 Å². The third-order valence-electron chi connectivity index (χ3n) is 3.45. The molecule has 0 heterocycles. The molecule has 0 aliphatic heterocycles. The first-order valence-electron chi connectivity index (χ1n) is 6.84. The molecule has 0 spiro atoms. The van der Waals surface area contributed by atoms with E-state index in [0.717, 1.165) is 5.56 Å². The van der Waals surface area contributed by atoms with Gasteiger partial charge >= 0.3 is 0 Å². The van der Waals surface area contributed by atoms with E-state index in [-0.39, 0.29) is 6.04 Å². The Balaban J connectivity index is 2.09. The lowest BCUT2D eigenvalue weighted by Gasteiger charge is -2.16.